The number of hydrogen-bond acceptors (Lipinski definition) is 2. The molecule has 0 aliphatic heterocycles. The van der Waals surface area contributed by atoms with Crippen molar-refractivity contribution in [3.8, 4) is 0 Å². The quantitative estimate of drug-likeness (QED) is 0.837. The Morgan fingerprint density at radius 2 is 1.17 bits per heavy atom. The van der Waals surface area contributed by atoms with Crippen LogP contribution in [0.5, 0.6) is 0 Å². The highest BCUT2D eigenvalue weighted by molar-refractivity contribution is 6.32. The van der Waals surface area contributed by atoms with Crippen LogP contribution in [-0.4, -0.2) is 22.6 Å². The highest BCUT2D eigenvalue weighted by Crippen LogP contribution is 2.15. The molecule has 1 aromatic rings. The van der Waals surface area contributed by atoms with Gasteiger partial charge in [-0.2, -0.15) is 0 Å². The highest BCUT2D eigenvalue weighted by atomic mass is 35.5. The Morgan fingerprint density at radius 3 is 1.39 bits per heavy atom. The van der Waals surface area contributed by atoms with E-state index in [1.54, 1.807) is 38.1 Å². The number of halogens is 2. The summed E-state index contributed by atoms with van der Waals surface area (Å²) in [6.45, 7) is 3.18. The van der Waals surface area contributed by atoms with Gasteiger partial charge in [-0.1, -0.05) is 0 Å². The van der Waals surface area contributed by atoms with Crippen molar-refractivity contribution in [1.29, 1.82) is 0 Å². The fourth-order valence-electron chi connectivity index (χ4n) is 1.12. The first-order valence-corrected chi connectivity index (χ1v) is 6.27. The molecule has 1 rings (SSSR count). The van der Waals surface area contributed by atoms with Crippen LogP contribution in [0.1, 0.15) is 13.8 Å². The third-order valence-electron chi connectivity index (χ3n) is 2.14. The van der Waals surface area contributed by atoms with Gasteiger partial charge in [0, 0.05) is 11.4 Å². The molecule has 0 fully saturated rings. The summed E-state index contributed by atoms with van der Waals surface area (Å²) in [5, 5.41) is 4.08. The third-order valence-corrected chi connectivity index (χ3v) is 2.54. The maximum Gasteiger partial charge on any atom is 0.242 e. The van der Waals surface area contributed by atoms with E-state index in [0.717, 1.165) is 0 Å². The zero-order valence-electron chi connectivity index (χ0n) is 10.0. The Labute approximate surface area is 116 Å². The summed E-state index contributed by atoms with van der Waals surface area (Å²) >= 11 is 11.3. The summed E-state index contributed by atoms with van der Waals surface area (Å²) in [6.07, 6.45) is 0. The number of hydrogen-bond donors (Lipinski definition) is 2. The van der Waals surface area contributed by atoms with E-state index in [9.17, 15) is 9.59 Å². The molecule has 0 aliphatic rings. The molecular weight excluding hydrogens is 275 g/mol. The normalized spacial score (nSPS) is 13.6. The monoisotopic (exact) mass is 288 g/mol. The Balaban J connectivity index is 2.63. The molecule has 18 heavy (non-hydrogen) atoms. The van der Waals surface area contributed by atoms with Crippen molar-refractivity contribution in [3.05, 3.63) is 24.3 Å². The molecule has 0 saturated carbocycles. The topological polar surface area (TPSA) is 58.2 Å². The molecule has 0 heterocycles. The van der Waals surface area contributed by atoms with Crippen molar-refractivity contribution in [1.82, 2.24) is 0 Å². The van der Waals surface area contributed by atoms with Crippen LogP contribution in [0, 0.1) is 0 Å². The highest BCUT2D eigenvalue weighted by Gasteiger charge is 2.10. The van der Waals surface area contributed by atoms with E-state index in [1.165, 1.54) is 0 Å². The zero-order valence-corrected chi connectivity index (χ0v) is 11.5. The van der Waals surface area contributed by atoms with Crippen molar-refractivity contribution < 1.29 is 9.59 Å². The van der Waals surface area contributed by atoms with Gasteiger partial charge in [0.2, 0.25) is 11.8 Å². The summed E-state index contributed by atoms with van der Waals surface area (Å²) in [5.74, 6) is -0.550. The van der Waals surface area contributed by atoms with Gasteiger partial charge in [-0.05, 0) is 38.1 Å². The fraction of sp³-hybridized carbons (Fsp3) is 0.333. The number of anilines is 2. The van der Waals surface area contributed by atoms with Crippen LogP contribution in [0.4, 0.5) is 11.4 Å². The van der Waals surface area contributed by atoms with Gasteiger partial charge in [0.15, 0.2) is 0 Å². The van der Waals surface area contributed by atoms with Crippen molar-refractivity contribution in [2.24, 2.45) is 0 Å². The molecule has 2 N–H and O–H groups in total. The first kappa shape index (κ1) is 14.8. The van der Waals surface area contributed by atoms with Gasteiger partial charge >= 0.3 is 0 Å². The third kappa shape index (κ3) is 4.55. The predicted octanol–water partition coefficient (Wildman–Crippen LogP) is 2.82. The van der Waals surface area contributed by atoms with Crippen LogP contribution < -0.4 is 10.6 Å². The van der Waals surface area contributed by atoms with Gasteiger partial charge in [-0.25, -0.2) is 0 Å². The maximum atomic E-state index is 11.3. The van der Waals surface area contributed by atoms with Crippen LogP contribution in [0.2, 0.25) is 0 Å². The predicted molar refractivity (Wildman–Crippen MR) is 74.3 cm³/mol. The summed E-state index contributed by atoms with van der Waals surface area (Å²) in [7, 11) is 0. The van der Waals surface area contributed by atoms with Gasteiger partial charge in [-0.15, -0.1) is 23.2 Å². The first-order valence-electron chi connectivity index (χ1n) is 5.40. The SMILES string of the molecule is CC(Cl)C(=O)Nc1ccc(NC(=O)C(C)Cl)cc1. The van der Waals surface area contributed by atoms with Crippen LogP contribution in [0.3, 0.4) is 0 Å². The Kier molecular flexibility index (Phi) is 5.44. The molecular formula is C12H14Cl2N2O2. The standard InChI is InChI=1S/C12H14Cl2N2O2/c1-7(13)11(17)15-9-3-5-10(6-4-9)16-12(18)8(2)14/h3-8H,1-2H3,(H,15,17)(H,16,18). The minimum atomic E-state index is -0.596. The lowest BCUT2D eigenvalue weighted by molar-refractivity contribution is -0.116. The number of amides is 2. The van der Waals surface area contributed by atoms with E-state index in [1.807, 2.05) is 0 Å². The molecule has 1 aromatic carbocycles. The van der Waals surface area contributed by atoms with Crippen LogP contribution in [0.25, 0.3) is 0 Å². The Bertz CT molecular complexity index is 389. The molecule has 4 nitrogen and oxygen atoms in total. The van der Waals surface area contributed by atoms with Crippen molar-refractivity contribution in [3.63, 3.8) is 0 Å². The van der Waals surface area contributed by atoms with Gasteiger partial charge in [0.05, 0.1) is 0 Å². The summed E-state index contributed by atoms with van der Waals surface area (Å²) in [5.41, 5.74) is 1.23. The fourth-order valence-corrected chi connectivity index (χ4v) is 1.23. The second kappa shape index (κ2) is 6.61. The second-order valence-corrected chi connectivity index (χ2v) is 5.10. The lowest BCUT2D eigenvalue weighted by Gasteiger charge is -2.09. The van der Waals surface area contributed by atoms with E-state index in [4.69, 9.17) is 23.2 Å². The Hall–Kier alpha value is -1.26. The van der Waals surface area contributed by atoms with Crippen LogP contribution in [-0.2, 0) is 9.59 Å². The first-order chi connectivity index (χ1) is 8.40. The molecule has 2 amide bonds. The summed E-state index contributed by atoms with van der Waals surface area (Å²) in [6, 6.07) is 6.69. The molecule has 0 spiro atoms. The number of nitrogens with one attached hydrogen (secondary N) is 2. The van der Waals surface area contributed by atoms with E-state index >= 15 is 0 Å². The minimum absolute atomic E-state index is 0.275. The summed E-state index contributed by atoms with van der Waals surface area (Å²) < 4.78 is 0. The average molecular weight is 289 g/mol. The maximum absolute atomic E-state index is 11.3. The number of carbonyl (C=O) groups is 2. The van der Waals surface area contributed by atoms with Gasteiger partial charge in [0.1, 0.15) is 10.8 Å². The van der Waals surface area contributed by atoms with E-state index in [0.29, 0.717) is 11.4 Å². The van der Waals surface area contributed by atoms with E-state index < -0.39 is 10.8 Å². The molecule has 2 atom stereocenters. The number of carbonyl (C=O) groups excluding carboxylic acids is 2. The van der Waals surface area contributed by atoms with Crippen LogP contribution >= 0.6 is 23.2 Å². The van der Waals surface area contributed by atoms with Crippen molar-refractivity contribution in [2.45, 2.75) is 24.6 Å². The molecule has 0 aliphatic carbocycles. The molecule has 2 unspecified atom stereocenters. The van der Waals surface area contributed by atoms with Crippen LogP contribution in [0.15, 0.2) is 24.3 Å². The number of alkyl halides is 2. The number of rotatable bonds is 4. The lowest BCUT2D eigenvalue weighted by atomic mass is 10.2. The zero-order chi connectivity index (χ0) is 13.7. The van der Waals surface area contributed by atoms with E-state index in [-0.39, 0.29) is 11.8 Å². The molecule has 98 valence electrons. The largest absolute Gasteiger partial charge is 0.325 e. The molecule has 0 radical (unpaired) electrons. The lowest BCUT2D eigenvalue weighted by Crippen LogP contribution is -2.21. The molecule has 0 saturated heterocycles. The minimum Gasteiger partial charge on any atom is -0.325 e. The van der Waals surface area contributed by atoms with Gasteiger partial charge in [-0.3, -0.25) is 9.59 Å². The van der Waals surface area contributed by atoms with Gasteiger partial charge in [0.25, 0.3) is 0 Å². The van der Waals surface area contributed by atoms with Crippen molar-refractivity contribution in [2.75, 3.05) is 10.6 Å². The molecule has 0 bridgehead atoms. The smallest absolute Gasteiger partial charge is 0.242 e. The Morgan fingerprint density at radius 1 is 0.889 bits per heavy atom. The summed E-state index contributed by atoms with van der Waals surface area (Å²) in [4.78, 5) is 22.7. The number of benzene rings is 1. The van der Waals surface area contributed by atoms with E-state index in [2.05, 4.69) is 10.6 Å². The van der Waals surface area contributed by atoms with Crippen molar-refractivity contribution >= 4 is 46.4 Å². The molecule has 6 heteroatoms. The molecule has 0 aromatic heterocycles. The average Bonchev–Trinajstić information content (AvgIpc) is 2.31. The second-order valence-electron chi connectivity index (χ2n) is 3.79. The van der Waals surface area contributed by atoms with Gasteiger partial charge < -0.3 is 10.6 Å².